The molecule has 1 aromatic rings. The predicted octanol–water partition coefficient (Wildman–Crippen LogP) is 2.43. The molecule has 118 valence electrons. The van der Waals surface area contributed by atoms with Crippen LogP contribution >= 0.6 is 0 Å². The molecule has 0 atom stereocenters. The zero-order valence-electron chi connectivity index (χ0n) is 13.2. The van der Waals surface area contributed by atoms with Gasteiger partial charge in [0, 0.05) is 39.1 Å². The first kappa shape index (κ1) is 16.3. The molecule has 0 N–H and O–H groups in total. The average molecular weight is 300 g/mol. The first-order valence-corrected chi connectivity index (χ1v) is 7.64. The Morgan fingerprint density at radius 2 is 1.95 bits per heavy atom. The first-order valence-electron chi connectivity index (χ1n) is 7.64. The third-order valence-electron chi connectivity index (χ3n) is 3.82. The van der Waals surface area contributed by atoms with E-state index < -0.39 is 0 Å². The fraction of sp³-hybridized carbons (Fsp3) is 0.389. The van der Waals surface area contributed by atoms with Crippen molar-refractivity contribution in [3.63, 3.8) is 0 Å². The third-order valence-corrected chi connectivity index (χ3v) is 3.82. The van der Waals surface area contributed by atoms with Crippen molar-refractivity contribution in [3.05, 3.63) is 48.6 Å². The summed E-state index contributed by atoms with van der Waals surface area (Å²) < 4.78 is 5.15. The largest absolute Gasteiger partial charge is 0.497 e. The van der Waals surface area contributed by atoms with Crippen molar-refractivity contribution in [2.75, 3.05) is 39.8 Å². The number of hydrogen-bond donors (Lipinski definition) is 0. The molecule has 0 saturated carbocycles. The number of methoxy groups -OCH3 is 1. The van der Waals surface area contributed by atoms with Gasteiger partial charge in [0.25, 0.3) is 0 Å². The fourth-order valence-corrected chi connectivity index (χ4v) is 2.49. The summed E-state index contributed by atoms with van der Waals surface area (Å²) in [6.07, 6.45) is 6.63. The lowest BCUT2D eigenvalue weighted by atomic mass is 10.2. The van der Waals surface area contributed by atoms with Crippen LogP contribution < -0.4 is 4.74 Å². The summed E-state index contributed by atoms with van der Waals surface area (Å²) in [4.78, 5) is 16.1. The van der Waals surface area contributed by atoms with Crippen LogP contribution in [0, 0.1) is 0 Å². The molecule has 2 rings (SSSR count). The Hall–Kier alpha value is -2.07. The zero-order chi connectivity index (χ0) is 15.8. The molecule has 1 saturated heterocycles. The van der Waals surface area contributed by atoms with Gasteiger partial charge >= 0.3 is 0 Å². The van der Waals surface area contributed by atoms with E-state index in [9.17, 15) is 4.79 Å². The summed E-state index contributed by atoms with van der Waals surface area (Å²) in [5, 5.41) is 0. The van der Waals surface area contributed by atoms with Crippen molar-refractivity contribution in [3.8, 4) is 5.75 Å². The van der Waals surface area contributed by atoms with E-state index in [1.54, 1.807) is 13.2 Å². The first-order chi connectivity index (χ1) is 10.7. The summed E-state index contributed by atoms with van der Waals surface area (Å²) in [7, 11) is 1.67. The molecular weight excluding hydrogens is 276 g/mol. The Labute approximate surface area is 132 Å². The summed E-state index contributed by atoms with van der Waals surface area (Å²) in [6, 6.07) is 7.98. The van der Waals surface area contributed by atoms with Crippen LogP contribution in [0.2, 0.25) is 0 Å². The summed E-state index contributed by atoms with van der Waals surface area (Å²) in [6.45, 7) is 7.72. The SMILES string of the molecule is C=CCN1CCN(C/C=C/c2ccc(OC)cc2)CCC1=O. The lowest BCUT2D eigenvalue weighted by Gasteiger charge is -2.19. The molecule has 1 amide bonds. The predicted molar refractivity (Wildman–Crippen MR) is 89.9 cm³/mol. The Bertz CT molecular complexity index is 522. The Balaban J connectivity index is 1.84. The highest BCUT2D eigenvalue weighted by molar-refractivity contribution is 5.76. The maximum atomic E-state index is 11.9. The van der Waals surface area contributed by atoms with Gasteiger partial charge in [-0.05, 0) is 17.7 Å². The highest BCUT2D eigenvalue weighted by Gasteiger charge is 2.18. The van der Waals surface area contributed by atoms with Gasteiger partial charge in [-0.3, -0.25) is 9.69 Å². The summed E-state index contributed by atoms with van der Waals surface area (Å²) >= 11 is 0. The van der Waals surface area contributed by atoms with Gasteiger partial charge in [-0.25, -0.2) is 0 Å². The van der Waals surface area contributed by atoms with Crippen molar-refractivity contribution < 1.29 is 9.53 Å². The van der Waals surface area contributed by atoms with Crippen LogP contribution in [0.3, 0.4) is 0 Å². The van der Waals surface area contributed by atoms with Gasteiger partial charge in [0.05, 0.1) is 7.11 Å². The number of nitrogens with zero attached hydrogens (tertiary/aromatic N) is 2. The maximum absolute atomic E-state index is 11.9. The van der Waals surface area contributed by atoms with E-state index in [-0.39, 0.29) is 5.91 Å². The molecule has 22 heavy (non-hydrogen) atoms. The lowest BCUT2D eigenvalue weighted by molar-refractivity contribution is -0.129. The second kappa shape index (κ2) is 8.39. The van der Waals surface area contributed by atoms with Gasteiger partial charge in [0.2, 0.25) is 5.91 Å². The van der Waals surface area contributed by atoms with E-state index in [0.717, 1.165) is 37.5 Å². The number of ether oxygens (including phenoxy) is 1. The molecule has 1 aromatic carbocycles. The molecule has 1 aliphatic heterocycles. The van der Waals surface area contributed by atoms with Gasteiger partial charge in [-0.1, -0.05) is 30.4 Å². The molecule has 0 unspecified atom stereocenters. The van der Waals surface area contributed by atoms with Crippen molar-refractivity contribution in [1.82, 2.24) is 9.80 Å². The highest BCUT2D eigenvalue weighted by Crippen LogP contribution is 2.12. The van der Waals surface area contributed by atoms with Crippen LogP contribution in [0.25, 0.3) is 6.08 Å². The molecule has 4 nitrogen and oxygen atoms in total. The number of carbonyl (C=O) groups excluding carboxylic acids is 1. The molecule has 1 fully saturated rings. The van der Waals surface area contributed by atoms with Gasteiger partial charge in [0.1, 0.15) is 5.75 Å². The van der Waals surface area contributed by atoms with Gasteiger partial charge < -0.3 is 9.64 Å². The van der Waals surface area contributed by atoms with Gasteiger partial charge in [-0.2, -0.15) is 0 Å². The van der Waals surface area contributed by atoms with E-state index in [1.165, 1.54) is 0 Å². The molecule has 0 spiro atoms. The van der Waals surface area contributed by atoms with Crippen LogP contribution in [0.15, 0.2) is 43.0 Å². The minimum atomic E-state index is 0.224. The second-order valence-corrected chi connectivity index (χ2v) is 5.35. The topological polar surface area (TPSA) is 32.8 Å². The van der Waals surface area contributed by atoms with Gasteiger partial charge in [-0.15, -0.1) is 6.58 Å². The minimum absolute atomic E-state index is 0.224. The van der Waals surface area contributed by atoms with Crippen LogP contribution in [0.4, 0.5) is 0 Å². The molecule has 4 heteroatoms. The molecule has 0 aromatic heterocycles. The standard InChI is InChI=1S/C18H24N2O2/c1-3-11-20-15-14-19(13-10-18(20)21)12-4-5-16-6-8-17(22-2)9-7-16/h3-9H,1,10-15H2,2H3/b5-4+. The quantitative estimate of drug-likeness (QED) is 0.757. The molecule has 1 heterocycles. The van der Waals surface area contributed by atoms with Crippen LogP contribution in [-0.2, 0) is 4.79 Å². The number of benzene rings is 1. The van der Waals surface area contributed by atoms with Crippen molar-refractivity contribution >= 4 is 12.0 Å². The van der Waals surface area contributed by atoms with E-state index in [0.29, 0.717) is 13.0 Å². The zero-order valence-corrected chi connectivity index (χ0v) is 13.2. The highest BCUT2D eigenvalue weighted by atomic mass is 16.5. The molecule has 1 aliphatic rings. The summed E-state index contributed by atoms with van der Waals surface area (Å²) in [5.41, 5.74) is 1.15. The Kier molecular flexibility index (Phi) is 6.22. The number of amides is 1. The van der Waals surface area contributed by atoms with Crippen molar-refractivity contribution in [2.45, 2.75) is 6.42 Å². The van der Waals surface area contributed by atoms with Crippen LogP contribution in [-0.4, -0.2) is 55.5 Å². The van der Waals surface area contributed by atoms with E-state index in [4.69, 9.17) is 4.74 Å². The van der Waals surface area contributed by atoms with Crippen molar-refractivity contribution in [2.24, 2.45) is 0 Å². The molecular formula is C18H24N2O2. The summed E-state index contributed by atoms with van der Waals surface area (Å²) in [5.74, 6) is 1.09. The Morgan fingerprint density at radius 3 is 2.64 bits per heavy atom. The number of hydrogen-bond acceptors (Lipinski definition) is 3. The molecule has 0 radical (unpaired) electrons. The number of rotatable bonds is 6. The van der Waals surface area contributed by atoms with Gasteiger partial charge in [0.15, 0.2) is 0 Å². The third kappa shape index (κ3) is 4.74. The lowest BCUT2D eigenvalue weighted by Crippen LogP contribution is -2.33. The second-order valence-electron chi connectivity index (χ2n) is 5.35. The number of carbonyl (C=O) groups is 1. The van der Waals surface area contributed by atoms with E-state index in [1.807, 2.05) is 29.2 Å². The maximum Gasteiger partial charge on any atom is 0.224 e. The van der Waals surface area contributed by atoms with Crippen LogP contribution in [0.1, 0.15) is 12.0 Å². The van der Waals surface area contributed by atoms with E-state index >= 15 is 0 Å². The monoisotopic (exact) mass is 300 g/mol. The minimum Gasteiger partial charge on any atom is -0.497 e. The van der Waals surface area contributed by atoms with Crippen LogP contribution in [0.5, 0.6) is 5.75 Å². The average Bonchev–Trinajstić information content (AvgIpc) is 2.72. The van der Waals surface area contributed by atoms with E-state index in [2.05, 4.69) is 23.6 Å². The van der Waals surface area contributed by atoms with Crippen molar-refractivity contribution in [1.29, 1.82) is 0 Å². The smallest absolute Gasteiger partial charge is 0.224 e. The molecule has 0 aliphatic carbocycles. The fourth-order valence-electron chi connectivity index (χ4n) is 2.49. The molecule has 0 bridgehead atoms. The Morgan fingerprint density at radius 1 is 1.18 bits per heavy atom. The normalized spacial score (nSPS) is 16.8.